The van der Waals surface area contributed by atoms with Crippen LogP contribution < -0.4 is 20.9 Å². The number of anilines is 1. The highest BCUT2D eigenvalue weighted by molar-refractivity contribution is 5.47. The number of benzene rings is 5. The minimum atomic E-state index is 0.166. The zero-order chi connectivity index (χ0) is 30.0. The fourth-order valence-electron chi connectivity index (χ4n) is 6.65. The average Bonchev–Trinajstić information content (AvgIpc) is 3.13. The molecule has 2 aliphatic rings. The quantitative estimate of drug-likeness (QED) is 0.190. The molecule has 2 fully saturated rings. The first-order chi connectivity index (χ1) is 21.8. The lowest BCUT2D eigenvalue weighted by molar-refractivity contribution is 0.212. The Morgan fingerprint density at radius 2 is 0.841 bits per heavy atom. The van der Waals surface area contributed by atoms with E-state index in [1.807, 2.05) is 0 Å². The highest BCUT2D eigenvalue weighted by atomic mass is 15.2. The summed E-state index contributed by atoms with van der Waals surface area (Å²) in [6.07, 6.45) is 1.21. The second kappa shape index (κ2) is 15.0. The molecule has 3 N–H and O–H groups in total. The number of rotatable bonds is 6. The number of nitrogens with zero attached hydrogens (tertiary/aromatic N) is 1. The number of para-hydroxylation sites is 1. The van der Waals surface area contributed by atoms with Gasteiger partial charge in [-0.2, -0.15) is 0 Å². The van der Waals surface area contributed by atoms with Gasteiger partial charge in [0.2, 0.25) is 0 Å². The Kier molecular flexibility index (Phi) is 10.2. The van der Waals surface area contributed by atoms with Gasteiger partial charge >= 0.3 is 0 Å². The summed E-state index contributed by atoms with van der Waals surface area (Å²) in [6.45, 7) is 5.60. The van der Waals surface area contributed by atoms with Crippen LogP contribution in [0.2, 0.25) is 0 Å². The van der Waals surface area contributed by atoms with Crippen LogP contribution in [0, 0.1) is 0 Å². The van der Waals surface area contributed by atoms with Crippen molar-refractivity contribution in [1.82, 2.24) is 16.0 Å². The van der Waals surface area contributed by atoms with Gasteiger partial charge in [0.1, 0.15) is 0 Å². The predicted molar refractivity (Wildman–Crippen MR) is 184 cm³/mol. The smallest absolute Gasteiger partial charge is 0.0523 e. The van der Waals surface area contributed by atoms with E-state index >= 15 is 0 Å². The highest BCUT2D eigenvalue weighted by Crippen LogP contribution is 2.42. The molecule has 5 aromatic carbocycles. The van der Waals surface area contributed by atoms with E-state index in [0.29, 0.717) is 6.04 Å². The van der Waals surface area contributed by atoms with Crippen LogP contribution in [0.15, 0.2) is 152 Å². The van der Waals surface area contributed by atoms with Crippen LogP contribution in [0.1, 0.15) is 59.8 Å². The summed E-state index contributed by atoms with van der Waals surface area (Å²) in [4.78, 5) is 2.51. The van der Waals surface area contributed by atoms with Gasteiger partial charge in [-0.05, 0) is 40.8 Å². The summed E-state index contributed by atoms with van der Waals surface area (Å²) < 4.78 is 0. The van der Waals surface area contributed by atoms with Gasteiger partial charge in [0, 0.05) is 31.4 Å². The van der Waals surface area contributed by atoms with Crippen molar-refractivity contribution in [2.45, 2.75) is 43.6 Å². The predicted octanol–water partition coefficient (Wildman–Crippen LogP) is 8.02. The summed E-state index contributed by atoms with van der Waals surface area (Å²) in [5.74, 6) is 0. The standard InChI is InChI=1S/C28H26N2.C12H18N2/c1-5-13-21(14-6-1)25-26(22-15-7-2-8-16-22)30-28(24-19-11-4-12-20-24)27(29-25)23-17-9-3-10-18-23;1-2-11-10-13-8-9-14(11)12-6-4-3-5-7-12/h1-20,25-30H;3-7,11,13H,2,8-10H2,1H3. The maximum atomic E-state index is 4.02. The summed E-state index contributed by atoms with van der Waals surface area (Å²) in [5.41, 5.74) is 6.55. The van der Waals surface area contributed by atoms with Gasteiger partial charge in [-0.15, -0.1) is 0 Å². The van der Waals surface area contributed by atoms with Crippen LogP contribution in [0.4, 0.5) is 5.69 Å². The van der Waals surface area contributed by atoms with E-state index in [4.69, 9.17) is 0 Å². The Labute approximate surface area is 263 Å². The molecule has 2 heterocycles. The molecule has 2 saturated heterocycles. The lowest BCUT2D eigenvalue weighted by Gasteiger charge is -2.45. The summed E-state index contributed by atoms with van der Waals surface area (Å²) in [5, 5.41) is 11.5. The summed E-state index contributed by atoms with van der Waals surface area (Å²) >= 11 is 0. The molecular formula is C40H44N4. The average molecular weight is 581 g/mol. The molecule has 5 atom stereocenters. The molecule has 0 radical (unpaired) electrons. The molecule has 224 valence electrons. The van der Waals surface area contributed by atoms with Crippen molar-refractivity contribution in [3.63, 3.8) is 0 Å². The largest absolute Gasteiger partial charge is 0.366 e. The second-order valence-corrected chi connectivity index (χ2v) is 11.7. The zero-order valence-electron chi connectivity index (χ0n) is 25.6. The minimum absolute atomic E-state index is 0.166. The SMILES string of the molecule is CCC1CNCCN1c1ccccc1.c1ccc(C2NC(c3ccccc3)C(c3ccccc3)NC2c2ccccc2)cc1. The van der Waals surface area contributed by atoms with E-state index in [1.54, 1.807) is 0 Å². The molecule has 0 amide bonds. The van der Waals surface area contributed by atoms with E-state index < -0.39 is 0 Å². The van der Waals surface area contributed by atoms with E-state index in [1.165, 1.54) is 34.4 Å². The van der Waals surface area contributed by atoms with Crippen molar-refractivity contribution in [2.24, 2.45) is 0 Å². The van der Waals surface area contributed by atoms with Crippen LogP contribution >= 0.6 is 0 Å². The monoisotopic (exact) mass is 580 g/mol. The Hall–Kier alpha value is -4.22. The van der Waals surface area contributed by atoms with Crippen LogP contribution in [0.5, 0.6) is 0 Å². The van der Waals surface area contributed by atoms with Gasteiger partial charge < -0.3 is 10.2 Å². The molecular weight excluding hydrogens is 536 g/mol. The first kappa shape index (κ1) is 29.8. The zero-order valence-corrected chi connectivity index (χ0v) is 25.6. The van der Waals surface area contributed by atoms with Crippen LogP contribution in [-0.2, 0) is 0 Å². The van der Waals surface area contributed by atoms with Crippen molar-refractivity contribution in [2.75, 3.05) is 24.5 Å². The lowest BCUT2D eigenvalue weighted by atomic mass is 9.83. The van der Waals surface area contributed by atoms with E-state index in [9.17, 15) is 0 Å². The molecule has 0 aromatic heterocycles. The van der Waals surface area contributed by atoms with Crippen molar-refractivity contribution in [3.05, 3.63) is 174 Å². The third-order valence-electron chi connectivity index (χ3n) is 8.93. The van der Waals surface area contributed by atoms with Gasteiger partial charge in [-0.25, -0.2) is 0 Å². The third-order valence-corrected chi connectivity index (χ3v) is 8.93. The maximum absolute atomic E-state index is 4.02. The first-order valence-corrected chi connectivity index (χ1v) is 16.1. The van der Waals surface area contributed by atoms with Crippen molar-refractivity contribution in [3.8, 4) is 0 Å². The van der Waals surface area contributed by atoms with Crippen molar-refractivity contribution < 1.29 is 0 Å². The van der Waals surface area contributed by atoms with E-state index in [-0.39, 0.29) is 24.2 Å². The minimum Gasteiger partial charge on any atom is -0.366 e. The highest BCUT2D eigenvalue weighted by Gasteiger charge is 2.38. The molecule has 2 aliphatic heterocycles. The van der Waals surface area contributed by atoms with Crippen LogP contribution in [-0.4, -0.2) is 25.7 Å². The van der Waals surface area contributed by atoms with Crippen LogP contribution in [0.3, 0.4) is 0 Å². The Bertz CT molecular complexity index is 1340. The van der Waals surface area contributed by atoms with Gasteiger partial charge in [-0.3, -0.25) is 10.6 Å². The summed E-state index contributed by atoms with van der Waals surface area (Å²) in [7, 11) is 0. The van der Waals surface area contributed by atoms with Crippen LogP contribution in [0.25, 0.3) is 0 Å². The van der Waals surface area contributed by atoms with Crippen molar-refractivity contribution >= 4 is 5.69 Å². The number of piperazine rings is 2. The number of hydrogen-bond donors (Lipinski definition) is 3. The molecule has 0 aliphatic carbocycles. The van der Waals surface area contributed by atoms with Gasteiger partial charge in [0.15, 0.2) is 0 Å². The Balaban J connectivity index is 0.000000205. The van der Waals surface area contributed by atoms with Crippen molar-refractivity contribution in [1.29, 1.82) is 0 Å². The van der Waals surface area contributed by atoms with E-state index in [2.05, 4.69) is 179 Å². The molecule has 0 saturated carbocycles. The van der Waals surface area contributed by atoms with Gasteiger partial charge in [-0.1, -0.05) is 146 Å². The molecule has 4 heteroatoms. The lowest BCUT2D eigenvalue weighted by Crippen LogP contribution is -2.51. The number of hydrogen-bond acceptors (Lipinski definition) is 4. The molecule has 44 heavy (non-hydrogen) atoms. The molecule has 5 aromatic rings. The number of nitrogens with one attached hydrogen (secondary N) is 3. The maximum Gasteiger partial charge on any atom is 0.0523 e. The molecule has 0 spiro atoms. The third kappa shape index (κ3) is 7.11. The molecule has 4 nitrogen and oxygen atoms in total. The fraction of sp³-hybridized carbons (Fsp3) is 0.250. The van der Waals surface area contributed by atoms with Gasteiger partial charge in [0.25, 0.3) is 0 Å². The van der Waals surface area contributed by atoms with E-state index in [0.717, 1.165) is 19.6 Å². The first-order valence-electron chi connectivity index (χ1n) is 16.1. The molecule has 7 rings (SSSR count). The normalized spacial score (nSPS) is 23.3. The Morgan fingerprint density at radius 3 is 1.18 bits per heavy atom. The van der Waals surface area contributed by atoms with Gasteiger partial charge in [0.05, 0.1) is 24.2 Å². The summed E-state index contributed by atoms with van der Waals surface area (Å²) in [6, 6.07) is 55.1. The molecule has 5 unspecified atom stereocenters. The Morgan fingerprint density at radius 1 is 0.500 bits per heavy atom. The fourth-order valence-corrected chi connectivity index (χ4v) is 6.65. The molecule has 0 bridgehead atoms. The second-order valence-electron chi connectivity index (χ2n) is 11.7. The topological polar surface area (TPSA) is 39.3 Å².